The van der Waals surface area contributed by atoms with Gasteiger partial charge in [0.25, 0.3) is 6.04 Å². The molecule has 37 heavy (non-hydrogen) atoms. The van der Waals surface area contributed by atoms with E-state index >= 15 is 0 Å². The molecule has 0 N–H and O–H groups in total. The summed E-state index contributed by atoms with van der Waals surface area (Å²) < 4.78 is 31.8. The summed E-state index contributed by atoms with van der Waals surface area (Å²) in [7, 11) is 0. The lowest BCUT2D eigenvalue weighted by molar-refractivity contribution is -0.540. The Labute approximate surface area is 217 Å². The summed E-state index contributed by atoms with van der Waals surface area (Å²) in [5.74, 6) is -1.24. The minimum absolute atomic E-state index is 0.00798. The third-order valence-electron chi connectivity index (χ3n) is 12.1. The molecule has 7 aliphatic rings. The Kier molecular flexibility index (Phi) is 4.73. The van der Waals surface area contributed by atoms with E-state index in [1.54, 1.807) is 0 Å². The fourth-order valence-corrected chi connectivity index (χ4v) is 10.9. The van der Waals surface area contributed by atoms with Crippen molar-refractivity contribution in [2.75, 3.05) is 13.2 Å². The fraction of sp³-hybridized carbons (Fsp3) is 0.893. The summed E-state index contributed by atoms with van der Waals surface area (Å²) >= 11 is 0. The van der Waals surface area contributed by atoms with Crippen LogP contribution >= 0.6 is 0 Å². The highest BCUT2D eigenvalue weighted by Gasteiger charge is 2.83. The normalized spacial score (nSPS) is 53.9. The molecule has 0 radical (unpaired) electrons. The van der Waals surface area contributed by atoms with Crippen molar-refractivity contribution < 1.29 is 33.4 Å². The molecular formula is C28H39NO8. The van der Waals surface area contributed by atoms with Gasteiger partial charge in [0, 0.05) is 41.4 Å². The highest BCUT2D eigenvalue weighted by Crippen LogP contribution is 2.79. The fourth-order valence-electron chi connectivity index (χ4n) is 10.9. The molecule has 0 aromatic heterocycles. The van der Waals surface area contributed by atoms with E-state index in [0.717, 1.165) is 25.7 Å². The molecule has 2 saturated heterocycles. The summed E-state index contributed by atoms with van der Waals surface area (Å²) in [4.78, 5) is 24.5. The van der Waals surface area contributed by atoms with Crippen molar-refractivity contribution in [3.63, 3.8) is 0 Å². The molecule has 4 saturated carbocycles. The lowest BCUT2D eigenvalue weighted by Gasteiger charge is -2.67. The number of nitro groups is 1. The van der Waals surface area contributed by atoms with Gasteiger partial charge in [-0.2, -0.15) is 0 Å². The van der Waals surface area contributed by atoms with Crippen molar-refractivity contribution >= 4 is 5.97 Å². The predicted molar refractivity (Wildman–Crippen MR) is 130 cm³/mol. The van der Waals surface area contributed by atoms with Crippen LogP contribution in [0.25, 0.3) is 0 Å². The van der Waals surface area contributed by atoms with E-state index in [1.807, 2.05) is 19.9 Å². The highest BCUT2D eigenvalue weighted by atomic mass is 16.8. The highest BCUT2D eigenvalue weighted by molar-refractivity contribution is 5.68. The average molecular weight is 518 g/mol. The summed E-state index contributed by atoms with van der Waals surface area (Å²) in [6.07, 6.45) is 8.51. The molecule has 1 unspecified atom stereocenters. The first-order valence-electron chi connectivity index (χ1n) is 14.0. The van der Waals surface area contributed by atoms with E-state index in [-0.39, 0.29) is 34.4 Å². The first-order valence-corrected chi connectivity index (χ1v) is 14.0. The number of carbonyl (C=O) groups excluding carboxylic acids is 1. The van der Waals surface area contributed by atoms with Crippen LogP contribution in [0.1, 0.15) is 73.1 Å². The maximum absolute atomic E-state index is 12.4. The largest absolute Gasteiger partial charge is 0.447 e. The van der Waals surface area contributed by atoms with Crippen LogP contribution in [0.2, 0.25) is 0 Å². The van der Waals surface area contributed by atoms with Crippen molar-refractivity contribution in [3.8, 4) is 0 Å². The number of rotatable bonds is 2. The summed E-state index contributed by atoms with van der Waals surface area (Å²) in [5.41, 5.74) is -2.39. The van der Waals surface area contributed by atoms with Crippen molar-refractivity contribution in [1.82, 2.24) is 0 Å². The van der Waals surface area contributed by atoms with Crippen LogP contribution in [-0.2, 0) is 28.5 Å². The van der Waals surface area contributed by atoms with Gasteiger partial charge in [-0.15, -0.1) is 0 Å². The summed E-state index contributed by atoms with van der Waals surface area (Å²) in [6, 6.07) is -0.958. The molecule has 5 aliphatic carbocycles. The molecule has 0 aromatic carbocycles. The van der Waals surface area contributed by atoms with Gasteiger partial charge in [-0.3, -0.25) is 14.9 Å². The Morgan fingerprint density at radius 3 is 2.38 bits per heavy atom. The number of ether oxygens (including phenoxy) is 5. The summed E-state index contributed by atoms with van der Waals surface area (Å²) in [6.45, 7) is 10.9. The molecule has 1 spiro atoms. The summed E-state index contributed by atoms with van der Waals surface area (Å²) in [5, 5.41) is 12.4. The van der Waals surface area contributed by atoms with Crippen LogP contribution in [0.15, 0.2) is 12.2 Å². The maximum atomic E-state index is 12.4. The molecule has 9 nitrogen and oxygen atoms in total. The third-order valence-corrected chi connectivity index (χ3v) is 12.1. The monoisotopic (exact) mass is 517 g/mol. The second-order valence-electron chi connectivity index (χ2n) is 13.8. The number of fused-ring (bicyclic) bond motifs is 5. The Hall–Kier alpha value is -1.55. The number of esters is 1. The second kappa shape index (κ2) is 7.14. The maximum Gasteiger partial charge on any atom is 0.303 e. The van der Waals surface area contributed by atoms with Crippen LogP contribution < -0.4 is 0 Å². The molecule has 0 aromatic rings. The number of hydrogen-bond donors (Lipinski definition) is 0. The van der Waals surface area contributed by atoms with Gasteiger partial charge in [0.05, 0.1) is 25.4 Å². The van der Waals surface area contributed by atoms with Gasteiger partial charge in [-0.05, 0) is 62.9 Å². The van der Waals surface area contributed by atoms with Crippen molar-refractivity contribution in [1.29, 1.82) is 0 Å². The van der Waals surface area contributed by atoms with Crippen LogP contribution in [0.4, 0.5) is 0 Å². The SMILES string of the molecule is CC(=O)O[C@@]12C=C[C@]3(C[C@H]1[N+](=O)[O-])[C@@H]1CC4(OCCO4)C4C[C@@H]5OC(C)(C)O[C@@H]5C[C@]4(C)[C@H]1CC[C@@]32C. The molecule has 2 heterocycles. The Morgan fingerprint density at radius 2 is 1.70 bits per heavy atom. The van der Waals surface area contributed by atoms with Gasteiger partial charge in [-0.25, -0.2) is 0 Å². The molecule has 0 amide bonds. The first kappa shape index (κ1) is 24.5. The van der Waals surface area contributed by atoms with Crippen LogP contribution in [0.3, 0.4) is 0 Å². The van der Waals surface area contributed by atoms with Gasteiger partial charge >= 0.3 is 5.97 Å². The minimum atomic E-state index is -1.22. The third kappa shape index (κ3) is 2.77. The van der Waals surface area contributed by atoms with Crippen molar-refractivity contribution in [3.05, 3.63) is 22.3 Å². The van der Waals surface area contributed by atoms with Gasteiger partial charge in [-0.1, -0.05) is 19.9 Å². The van der Waals surface area contributed by atoms with E-state index in [9.17, 15) is 14.9 Å². The predicted octanol–water partition coefficient (Wildman–Crippen LogP) is 4.01. The molecule has 6 fully saturated rings. The number of carbonyl (C=O) groups is 1. The van der Waals surface area contributed by atoms with Crippen molar-refractivity contribution in [2.45, 2.75) is 109 Å². The molecule has 204 valence electrons. The van der Waals surface area contributed by atoms with E-state index < -0.39 is 40.0 Å². The first-order chi connectivity index (χ1) is 17.3. The number of allylic oxidation sites excluding steroid dienone is 1. The van der Waals surface area contributed by atoms with E-state index in [2.05, 4.69) is 19.9 Å². The lowest BCUT2D eigenvalue weighted by Crippen LogP contribution is -2.67. The lowest BCUT2D eigenvalue weighted by atomic mass is 9.39. The smallest absolute Gasteiger partial charge is 0.303 e. The Bertz CT molecular complexity index is 1080. The number of hydrogen-bond acceptors (Lipinski definition) is 8. The van der Waals surface area contributed by atoms with Gasteiger partial charge in [0.2, 0.25) is 5.60 Å². The topological polar surface area (TPSA) is 106 Å². The standard InChI is InChI=1S/C28H39NO8/c1-16(30)35-27-9-8-26(15-22(27)29(31)32)18-13-28(33-10-11-34-28)21-12-19-20(37-23(2,3)36-19)14-24(21,4)17(18)6-7-25(26,27)5/h8-9,17-22H,6-7,10-15H2,1-5H3/t17-,18+,19-,20+,21?,22+,24+,25-,26-,27-/m0/s1. The van der Waals surface area contributed by atoms with Gasteiger partial charge < -0.3 is 23.7 Å². The zero-order valence-electron chi connectivity index (χ0n) is 22.5. The molecule has 2 aliphatic heterocycles. The van der Waals surface area contributed by atoms with Gasteiger partial charge in [0.1, 0.15) is 0 Å². The molecule has 9 heteroatoms. The molecule has 10 atom stereocenters. The van der Waals surface area contributed by atoms with Crippen LogP contribution in [0, 0.1) is 44.1 Å². The van der Waals surface area contributed by atoms with E-state index in [0.29, 0.717) is 32.0 Å². The quantitative estimate of drug-likeness (QED) is 0.234. The minimum Gasteiger partial charge on any atom is -0.447 e. The van der Waals surface area contributed by atoms with Crippen LogP contribution in [0.5, 0.6) is 0 Å². The zero-order valence-corrected chi connectivity index (χ0v) is 22.5. The van der Waals surface area contributed by atoms with E-state index in [4.69, 9.17) is 23.7 Å². The average Bonchev–Trinajstić information content (AvgIpc) is 3.49. The van der Waals surface area contributed by atoms with Gasteiger partial charge in [0.15, 0.2) is 11.6 Å². The van der Waals surface area contributed by atoms with Crippen LogP contribution in [-0.4, -0.2) is 59.5 Å². The Balaban J connectivity index is 1.35. The molecule has 2 bridgehead atoms. The van der Waals surface area contributed by atoms with E-state index in [1.165, 1.54) is 6.92 Å². The van der Waals surface area contributed by atoms with Crippen molar-refractivity contribution in [2.24, 2.45) is 34.0 Å². The molecular weight excluding hydrogens is 478 g/mol. The zero-order chi connectivity index (χ0) is 26.2. The Morgan fingerprint density at radius 1 is 1.00 bits per heavy atom. The molecule has 7 rings (SSSR count). The second-order valence-corrected chi connectivity index (χ2v) is 13.8. The number of nitrogens with zero attached hydrogens (tertiary/aromatic N) is 1.